The van der Waals surface area contributed by atoms with Crippen molar-refractivity contribution in [2.24, 2.45) is 0 Å². The Morgan fingerprint density at radius 3 is 2.83 bits per heavy atom. The van der Waals surface area contributed by atoms with Crippen molar-refractivity contribution in [2.45, 2.75) is 20.0 Å². The summed E-state index contributed by atoms with van der Waals surface area (Å²) in [5, 5.41) is 13.8. The Balaban J connectivity index is 1.69. The van der Waals surface area contributed by atoms with Gasteiger partial charge >= 0.3 is 0 Å². The predicted octanol–water partition coefficient (Wildman–Crippen LogP) is 6.11. The van der Waals surface area contributed by atoms with Crippen LogP contribution < -0.4 is 14.8 Å². The van der Waals surface area contributed by atoms with Crippen LogP contribution in [0.4, 0.5) is 11.4 Å². The molecule has 0 spiro atoms. The van der Waals surface area contributed by atoms with Crippen LogP contribution in [0.25, 0.3) is 10.9 Å². The first-order valence-corrected chi connectivity index (χ1v) is 12.4. The number of fused-ring (bicyclic) bond motifs is 1. The van der Waals surface area contributed by atoms with Gasteiger partial charge < -0.3 is 19.7 Å². The summed E-state index contributed by atoms with van der Waals surface area (Å²) in [7, 11) is 1.07. The number of ether oxygens (including phenoxy) is 2. The highest BCUT2D eigenvalue weighted by molar-refractivity contribution is 6.32. The van der Waals surface area contributed by atoms with Crippen molar-refractivity contribution < 1.29 is 23.9 Å². The van der Waals surface area contributed by atoms with Gasteiger partial charge in [-0.05, 0) is 63.4 Å². The lowest BCUT2D eigenvalue weighted by molar-refractivity contribution is -0.114. The number of nitrogens with one attached hydrogen (secondary N) is 1. The van der Waals surface area contributed by atoms with E-state index in [0.717, 1.165) is 24.9 Å². The van der Waals surface area contributed by atoms with Gasteiger partial charge in [0, 0.05) is 54.9 Å². The van der Waals surface area contributed by atoms with Crippen LogP contribution in [-0.4, -0.2) is 47.7 Å². The summed E-state index contributed by atoms with van der Waals surface area (Å²) in [5.74, 6) is -0.183. The van der Waals surface area contributed by atoms with Gasteiger partial charge in [-0.1, -0.05) is 23.7 Å². The Morgan fingerprint density at radius 2 is 2.10 bits per heavy atom. The molecule has 40 heavy (non-hydrogen) atoms. The number of likely N-dealkylation sites (N-methyl/N-ethyl adjacent to an activating group) is 1. The number of nitriles is 1. The SMILES string of the molecule is [2H]C([2H])(C)Oc1cc2ncc(C#N)c(Nc3ccc(OCc4ccccn4)c(Cl)c3)c2cc1CC(=O)/C=C/C([2H])([2H])N(C)C([2H])([2H])[2H]. The summed E-state index contributed by atoms with van der Waals surface area (Å²) < 4.78 is 65.6. The van der Waals surface area contributed by atoms with E-state index in [1.807, 2.05) is 12.1 Å². The number of carbonyl (C=O) groups excluding carboxylic acids is 1. The molecule has 1 N–H and O–H groups in total. The van der Waals surface area contributed by atoms with Gasteiger partial charge in [0.05, 0.1) is 36.8 Å². The van der Waals surface area contributed by atoms with Gasteiger partial charge in [0.15, 0.2) is 5.78 Å². The standard InChI is InChI=1S/C31H30ClN5O3/c1-4-39-30-17-28-26(15-21(30)14-25(38)9-7-13-37(2)3)31(22(18-33)19-35-28)36-23-10-11-29(27(32)16-23)40-20-24-8-5-6-12-34-24/h5-12,15-17,19H,4,13-14,20H2,1-3H3,(H,35,36)/b9-7+/i2D3,4D2,13D2. The first-order valence-electron chi connectivity index (χ1n) is 15.6. The molecule has 9 heteroatoms. The molecule has 0 aliphatic carbocycles. The zero-order valence-electron chi connectivity index (χ0n) is 28.7. The summed E-state index contributed by atoms with van der Waals surface area (Å²) in [6, 6.07) is 15.5. The second-order valence-corrected chi connectivity index (χ2v) is 8.89. The quantitative estimate of drug-likeness (QED) is 0.207. The van der Waals surface area contributed by atoms with E-state index < -0.39 is 25.8 Å². The number of nitrogens with zero attached hydrogens (tertiary/aromatic N) is 4. The third-order valence-electron chi connectivity index (χ3n) is 5.59. The molecule has 2 aromatic carbocycles. The molecule has 0 fully saturated rings. The van der Waals surface area contributed by atoms with Gasteiger partial charge in [0.25, 0.3) is 0 Å². The molecule has 0 saturated carbocycles. The number of hydrogen-bond acceptors (Lipinski definition) is 8. The number of pyridine rings is 2. The van der Waals surface area contributed by atoms with E-state index in [-0.39, 0.29) is 29.9 Å². The number of rotatable bonds is 12. The van der Waals surface area contributed by atoms with E-state index in [4.69, 9.17) is 30.7 Å². The van der Waals surface area contributed by atoms with Crippen LogP contribution in [-0.2, 0) is 17.8 Å². The first-order chi connectivity index (χ1) is 22.0. The predicted molar refractivity (Wildman–Crippen MR) is 157 cm³/mol. The Morgan fingerprint density at radius 1 is 1.23 bits per heavy atom. The van der Waals surface area contributed by atoms with E-state index in [9.17, 15) is 10.1 Å². The second-order valence-electron chi connectivity index (χ2n) is 8.49. The molecule has 0 bridgehead atoms. The lowest BCUT2D eigenvalue weighted by atomic mass is 10.0. The molecule has 8 nitrogen and oxygen atoms in total. The minimum Gasteiger partial charge on any atom is -0.494 e. The highest BCUT2D eigenvalue weighted by atomic mass is 35.5. The van der Waals surface area contributed by atoms with Gasteiger partial charge in [-0.2, -0.15) is 5.26 Å². The monoisotopic (exact) mass is 562 g/mol. The number of hydrogen-bond donors (Lipinski definition) is 1. The fourth-order valence-corrected chi connectivity index (χ4v) is 4.03. The van der Waals surface area contributed by atoms with Crippen LogP contribution >= 0.6 is 11.6 Å². The molecule has 4 aromatic rings. The summed E-state index contributed by atoms with van der Waals surface area (Å²) >= 11 is 6.51. The lowest BCUT2D eigenvalue weighted by Crippen LogP contribution is -2.11. The highest BCUT2D eigenvalue weighted by Crippen LogP contribution is 2.36. The molecule has 0 amide bonds. The van der Waals surface area contributed by atoms with Gasteiger partial charge in [-0.25, -0.2) is 0 Å². The van der Waals surface area contributed by atoms with Gasteiger partial charge in [-0.3, -0.25) is 14.8 Å². The summed E-state index contributed by atoms with van der Waals surface area (Å²) in [6.07, 6.45) is 4.41. The topological polar surface area (TPSA) is 100 Å². The largest absolute Gasteiger partial charge is 0.494 e. The average Bonchev–Trinajstić information content (AvgIpc) is 2.99. The molecule has 0 saturated heterocycles. The Labute approximate surface area is 248 Å². The molecule has 204 valence electrons. The lowest BCUT2D eigenvalue weighted by Gasteiger charge is -2.16. The third kappa shape index (κ3) is 7.35. The van der Waals surface area contributed by atoms with Crippen LogP contribution in [0.2, 0.25) is 5.02 Å². The van der Waals surface area contributed by atoms with Gasteiger partial charge in [0.1, 0.15) is 24.2 Å². The molecular weight excluding hydrogens is 526 g/mol. The fraction of sp³-hybridized carbons (Fsp3) is 0.226. The van der Waals surface area contributed by atoms with E-state index in [1.54, 1.807) is 30.5 Å². The van der Waals surface area contributed by atoms with Crippen LogP contribution in [0, 0.1) is 11.3 Å². The minimum absolute atomic E-state index is 0.00924. The minimum atomic E-state index is -2.74. The molecular formula is C31H30ClN5O3. The molecule has 2 heterocycles. The highest BCUT2D eigenvalue weighted by Gasteiger charge is 2.16. The molecule has 2 aromatic heterocycles. The van der Waals surface area contributed by atoms with Crippen molar-refractivity contribution in [3.8, 4) is 17.6 Å². The second kappa shape index (κ2) is 13.6. The van der Waals surface area contributed by atoms with Crippen molar-refractivity contribution in [3.05, 3.63) is 94.9 Å². The number of aromatic nitrogens is 2. The summed E-state index contributed by atoms with van der Waals surface area (Å²) in [4.78, 5) is 22.1. The third-order valence-corrected chi connectivity index (χ3v) is 5.88. The maximum atomic E-state index is 13.0. The van der Waals surface area contributed by atoms with E-state index in [0.29, 0.717) is 37.9 Å². The van der Waals surface area contributed by atoms with Crippen molar-refractivity contribution in [1.82, 2.24) is 14.9 Å². The maximum Gasteiger partial charge on any atom is 0.159 e. The van der Waals surface area contributed by atoms with Crippen LogP contribution in [0.3, 0.4) is 0 Å². The smallest absolute Gasteiger partial charge is 0.159 e. The summed E-state index contributed by atoms with van der Waals surface area (Å²) in [5.41, 5.74) is 2.28. The van der Waals surface area contributed by atoms with E-state index in [2.05, 4.69) is 21.4 Å². The van der Waals surface area contributed by atoms with E-state index >= 15 is 0 Å². The molecule has 0 radical (unpaired) electrons. The number of anilines is 2. The fourth-order valence-electron chi connectivity index (χ4n) is 3.79. The van der Waals surface area contributed by atoms with Crippen molar-refractivity contribution >= 4 is 39.7 Å². The normalized spacial score (nSPS) is 14.7. The van der Waals surface area contributed by atoms with E-state index in [1.165, 1.54) is 25.3 Å². The average molecular weight is 563 g/mol. The number of allylic oxidation sites excluding steroid dienone is 1. The maximum absolute atomic E-state index is 13.0. The number of halogens is 1. The Kier molecular flexibility index (Phi) is 6.93. The zero-order valence-corrected chi connectivity index (χ0v) is 22.5. The Hall–Kier alpha value is -4.45. The molecule has 0 atom stereocenters. The van der Waals surface area contributed by atoms with Gasteiger partial charge in [0.2, 0.25) is 0 Å². The van der Waals surface area contributed by atoms with Crippen LogP contribution in [0.15, 0.2) is 73.1 Å². The molecule has 4 rings (SSSR count). The first kappa shape index (κ1) is 20.5. The Bertz CT molecular complexity index is 1840. The molecule has 0 aliphatic rings. The summed E-state index contributed by atoms with van der Waals surface area (Å²) in [6.45, 7) is -5.94. The van der Waals surface area contributed by atoms with Crippen LogP contribution in [0.5, 0.6) is 11.5 Å². The van der Waals surface area contributed by atoms with Crippen molar-refractivity contribution in [2.75, 3.05) is 32.4 Å². The van der Waals surface area contributed by atoms with Crippen LogP contribution in [0.1, 0.15) is 33.3 Å². The number of carbonyl (C=O) groups is 1. The van der Waals surface area contributed by atoms with Crippen molar-refractivity contribution in [1.29, 1.82) is 5.26 Å². The molecule has 0 aliphatic heterocycles. The van der Waals surface area contributed by atoms with Crippen molar-refractivity contribution in [3.63, 3.8) is 0 Å². The number of ketones is 1. The zero-order chi connectivity index (χ0) is 34.6. The molecule has 0 unspecified atom stereocenters. The number of benzene rings is 2. The van der Waals surface area contributed by atoms with Gasteiger partial charge in [-0.15, -0.1) is 0 Å².